The molecule has 1 saturated heterocycles. The van der Waals surface area contributed by atoms with Crippen LogP contribution in [0.5, 0.6) is 17.2 Å². The Bertz CT molecular complexity index is 786. The van der Waals surface area contributed by atoms with Gasteiger partial charge in [-0.2, -0.15) is 0 Å². The molecule has 0 unspecified atom stereocenters. The smallest absolute Gasteiger partial charge is 0.257 e. The van der Waals surface area contributed by atoms with Crippen molar-refractivity contribution in [3.05, 3.63) is 53.6 Å². The average molecular weight is 354 g/mol. The lowest BCUT2D eigenvalue weighted by Crippen LogP contribution is -2.49. The molecule has 2 aliphatic rings. The van der Waals surface area contributed by atoms with E-state index in [1.807, 2.05) is 6.07 Å². The number of phenolic OH excluding ortho intramolecular Hbond substituents is 1. The maximum absolute atomic E-state index is 12.8. The van der Waals surface area contributed by atoms with Crippen LogP contribution in [0, 0.1) is 0 Å². The molecule has 4 rings (SSSR count). The molecule has 1 amide bonds. The number of amides is 1. The van der Waals surface area contributed by atoms with Crippen LogP contribution in [0.2, 0.25) is 0 Å². The maximum Gasteiger partial charge on any atom is 0.257 e. The summed E-state index contributed by atoms with van der Waals surface area (Å²) in [6.45, 7) is 4.09. The maximum atomic E-state index is 12.8. The van der Waals surface area contributed by atoms with Crippen molar-refractivity contribution in [3.63, 3.8) is 0 Å². The number of ether oxygens (including phenoxy) is 2. The monoisotopic (exact) mass is 354 g/mol. The second kappa shape index (κ2) is 7.25. The first-order chi connectivity index (χ1) is 12.7. The van der Waals surface area contributed by atoms with E-state index in [0.29, 0.717) is 24.6 Å². The predicted molar refractivity (Wildman–Crippen MR) is 96.7 cm³/mol. The zero-order valence-electron chi connectivity index (χ0n) is 14.6. The first-order valence-corrected chi connectivity index (χ1v) is 8.89. The molecule has 6 nitrogen and oxygen atoms in total. The van der Waals surface area contributed by atoms with Crippen molar-refractivity contribution in [2.24, 2.45) is 0 Å². The number of hydrogen-bond acceptors (Lipinski definition) is 5. The Balaban J connectivity index is 1.34. The van der Waals surface area contributed by atoms with Crippen molar-refractivity contribution in [2.45, 2.75) is 6.42 Å². The summed E-state index contributed by atoms with van der Waals surface area (Å²) in [5.41, 5.74) is 1.60. The number of carbonyl (C=O) groups is 1. The molecular weight excluding hydrogens is 332 g/mol. The van der Waals surface area contributed by atoms with E-state index in [4.69, 9.17) is 9.47 Å². The van der Waals surface area contributed by atoms with Crippen LogP contribution in [0.25, 0.3) is 0 Å². The lowest BCUT2D eigenvalue weighted by Gasteiger charge is -2.34. The Kier molecular flexibility index (Phi) is 4.67. The number of rotatable bonds is 4. The molecule has 0 atom stereocenters. The Morgan fingerprint density at radius 2 is 1.69 bits per heavy atom. The largest absolute Gasteiger partial charge is 0.507 e. The second-order valence-electron chi connectivity index (χ2n) is 6.59. The van der Waals surface area contributed by atoms with E-state index < -0.39 is 0 Å². The third kappa shape index (κ3) is 3.46. The molecule has 0 aliphatic carbocycles. The van der Waals surface area contributed by atoms with Gasteiger partial charge in [-0.1, -0.05) is 30.3 Å². The number of fused-ring (bicyclic) bond motifs is 1. The molecule has 2 heterocycles. The van der Waals surface area contributed by atoms with Gasteiger partial charge in [0.15, 0.2) is 11.5 Å². The third-order valence-electron chi connectivity index (χ3n) is 4.94. The molecule has 0 radical (unpaired) electrons. The SMILES string of the molecule is O=C(c1cc2c(cc1O)OCO2)N1CCN(CCc2ccccc2)CC1. The minimum Gasteiger partial charge on any atom is -0.507 e. The summed E-state index contributed by atoms with van der Waals surface area (Å²) in [4.78, 5) is 16.9. The summed E-state index contributed by atoms with van der Waals surface area (Å²) in [5, 5.41) is 10.1. The summed E-state index contributed by atoms with van der Waals surface area (Å²) >= 11 is 0. The second-order valence-corrected chi connectivity index (χ2v) is 6.59. The molecule has 6 heteroatoms. The number of nitrogens with zero attached hydrogens (tertiary/aromatic N) is 2. The summed E-state index contributed by atoms with van der Waals surface area (Å²) in [5.74, 6) is 0.756. The number of phenols is 1. The Morgan fingerprint density at radius 3 is 2.42 bits per heavy atom. The average Bonchev–Trinajstić information content (AvgIpc) is 3.13. The van der Waals surface area contributed by atoms with Crippen LogP contribution in [0.15, 0.2) is 42.5 Å². The lowest BCUT2D eigenvalue weighted by atomic mass is 10.1. The topological polar surface area (TPSA) is 62.2 Å². The first kappa shape index (κ1) is 16.7. The van der Waals surface area contributed by atoms with E-state index in [0.717, 1.165) is 26.1 Å². The standard InChI is InChI=1S/C20H22N2O4/c23-17-13-19-18(25-14-26-19)12-16(17)20(24)22-10-8-21(9-11-22)7-6-15-4-2-1-3-5-15/h1-5,12-13,23H,6-11,14H2. The van der Waals surface area contributed by atoms with Gasteiger partial charge in [0.2, 0.25) is 6.79 Å². The number of hydrogen-bond donors (Lipinski definition) is 1. The van der Waals surface area contributed by atoms with Gasteiger partial charge in [-0.05, 0) is 12.0 Å². The van der Waals surface area contributed by atoms with E-state index in [9.17, 15) is 9.90 Å². The summed E-state index contributed by atoms with van der Waals surface area (Å²) < 4.78 is 10.5. The van der Waals surface area contributed by atoms with E-state index in [2.05, 4.69) is 29.2 Å². The summed E-state index contributed by atoms with van der Waals surface area (Å²) in [7, 11) is 0. The third-order valence-corrected chi connectivity index (χ3v) is 4.94. The Morgan fingerprint density at radius 1 is 1.00 bits per heavy atom. The quantitative estimate of drug-likeness (QED) is 0.911. The van der Waals surface area contributed by atoms with E-state index in [-0.39, 0.29) is 24.0 Å². The van der Waals surface area contributed by atoms with Crippen molar-refractivity contribution < 1.29 is 19.4 Å². The molecule has 1 N–H and O–H groups in total. The summed E-state index contributed by atoms with van der Waals surface area (Å²) in [6, 6.07) is 13.4. The fourth-order valence-electron chi connectivity index (χ4n) is 3.38. The van der Waals surface area contributed by atoms with E-state index in [1.54, 1.807) is 11.0 Å². The van der Waals surface area contributed by atoms with Gasteiger partial charge in [0.05, 0.1) is 5.56 Å². The van der Waals surface area contributed by atoms with Gasteiger partial charge >= 0.3 is 0 Å². The van der Waals surface area contributed by atoms with Gasteiger partial charge in [-0.25, -0.2) is 0 Å². The minimum atomic E-state index is -0.163. The molecular formula is C20H22N2O4. The van der Waals surface area contributed by atoms with Gasteiger partial charge in [0, 0.05) is 44.9 Å². The van der Waals surface area contributed by atoms with Crippen molar-refractivity contribution in [3.8, 4) is 17.2 Å². The molecule has 0 aromatic heterocycles. The van der Waals surface area contributed by atoms with Gasteiger partial charge in [0.1, 0.15) is 5.75 Å². The minimum absolute atomic E-state index is 0.0641. The molecule has 26 heavy (non-hydrogen) atoms. The number of carbonyl (C=O) groups excluding carboxylic acids is 1. The molecule has 136 valence electrons. The number of aromatic hydroxyl groups is 1. The van der Waals surface area contributed by atoms with Gasteiger partial charge in [-0.3, -0.25) is 9.69 Å². The first-order valence-electron chi connectivity index (χ1n) is 8.89. The molecule has 2 aliphatic heterocycles. The Labute approximate surface area is 152 Å². The highest BCUT2D eigenvalue weighted by Gasteiger charge is 2.26. The van der Waals surface area contributed by atoms with Crippen LogP contribution in [-0.4, -0.2) is 60.3 Å². The number of piperazine rings is 1. The van der Waals surface area contributed by atoms with E-state index in [1.165, 1.54) is 11.6 Å². The molecule has 2 aromatic carbocycles. The molecule has 0 bridgehead atoms. The van der Waals surface area contributed by atoms with Gasteiger partial charge < -0.3 is 19.5 Å². The van der Waals surface area contributed by atoms with Gasteiger partial charge in [0.25, 0.3) is 5.91 Å². The van der Waals surface area contributed by atoms with Crippen LogP contribution < -0.4 is 9.47 Å². The van der Waals surface area contributed by atoms with E-state index >= 15 is 0 Å². The highest BCUT2D eigenvalue weighted by atomic mass is 16.7. The van der Waals surface area contributed by atoms with Crippen LogP contribution in [0.1, 0.15) is 15.9 Å². The Hall–Kier alpha value is -2.73. The molecule has 0 saturated carbocycles. The van der Waals surface area contributed by atoms with Crippen molar-refractivity contribution in [1.29, 1.82) is 0 Å². The van der Waals surface area contributed by atoms with Gasteiger partial charge in [-0.15, -0.1) is 0 Å². The predicted octanol–water partition coefficient (Wildman–Crippen LogP) is 2.12. The zero-order valence-corrected chi connectivity index (χ0v) is 14.6. The lowest BCUT2D eigenvalue weighted by molar-refractivity contribution is 0.0635. The van der Waals surface area contributed by atoms with Crippen molar-refractivity contribution in [1.82, 2.24) is 9.80 Å². The number of benzene rings is 2. The van der Waals surface area contributed by atoms with Crippen LogP contribution in [-0.2, 0) is 6.42 Å². The molecule has 0 spiro atoms. The fraction of sp³-hybridized carbons (Fsp3) is 0.350. The van der Waals surface area contributed by atoms with Crippen LogP contribution >= 0.6 is 0 Å². The molecule has 2 aromatic rings. The van der Waals surface area contributed by atoms with Crippen molar-refractivity contribution >= 4 is 5.91 Å². The highest BCUT2D eigenvalue weighted by Crippen LogP contribution is 2.38. The van der Waals surface area contributed by atoms with Crippen molar-refractivity contribution in [2.75, 3.05) is 39.5 Å². The highest BCUT2D eigenvalue weighted by molar-refractivity contribution is 5.97. The normalized spacial score (nSPS) is 16.7. The van der Waals surface area contributed by atoms with Crippen LogP contribution in [0.4, 0.5) is 0 Å². The fourth-order valence-corrected chi connectivity index (χ4v) is 3.38. The summed E-state index contributed by atoms with van der Waals surface area (Å²) in [6.07, 6.45) is 1.01. The molecule has 1 fully saturated rings. The van der Waals surface area contributed by atoms with Crippen LogP contribution in [0.3, 0.4) is 0 Å². The zero-order chi connectivity index (χ0) is 17.9.